The summed E-state index contributed by atoms with van der Waals surface area (Å²) in [6.07, 6.45) is 19.4. The smallest absolute Gasteiger partial charge is 0.309 e. The molecule has 0 aromatic rings. The highest BCUT2D eigenvalue weighted by atomic mass is 127. The Balaban J connectivity index is 3.48. The average molecular weight is 502 g/mol. The molecule has 0 aliphatic carbocycles. The van der Waals surface area contributed by atoms with E-state index in [4.69, 9.17) is 9.05 Å². The SMILES string of the molecule is CCCCCCCCCCCCCC[C@@H](I)CCP(=O)(OCC)OCC. The Bertz CT molecular complexity index is 329. The molecular formula is C21H44IO3P. The summed E-state index contributed by atoms with van der Waals surface area (Å²) >= 11 is 2.50. The van der Waals surface area contributed by atoms with E-state index in [-0.39, 0.29) is 0 Å². The number of hydrogen-bond acceptors (Lipinski definition) is 3. The maximum absolute atomic E-state index is 12.4. The lowest BCUT2D eigenvalue weighted by atomic mass is 10.0. The summed E-state index contributed by atoms with van der Waals surface area (Å²) in [7, 11) is -2.85. The zero-order valence-corrected chi connectivity index (χ0v) is 20.7. The van der Waals surface area contributed by atoms with Gasteiger partial charge in [0.15, 0.2) is 0 Å². The molecule has 0 aliphatic heterocycles. The predicted molar refractivity (Wildman–Crippen MR) is 124 cm³/mol. The Morgan fingerprint density at radius 2 is 1.12 bits per heavy atom. The average Bonchev–Trinajstić information content (AvgIpc) is 2.61. The first-order valence-corrected chi connectivity index (χ1v) is 14.1. The van der Waals surface area contributed by atoms with Crippen LogP contribution in [-0.2, 0) is 13.6 Å². The van der Waals surface area contributed by atoms with Gasteiger partial charge in [-0.05, 0) is 26.7 Å². The molecule has 0 radical (unpaired) electrons. The minimum absolute atomic E-state index is 0.460. The van der Waals surface area contributed by atoms with Crippen LogP contribution >= 0.6 is 30.2 Å². The Morgan fingerprint density at radius 3 is 1.54 bits per heavy atom. The summed E-state index contributed by atoms with van der Waals surface area (Å²) in [4.78, 5) is 0. The molecule has 0 aromatic heterocycles. The van der Waals surface area contributed by atoms with Gasteiger partial charge in [0.05, 0.1) is 19.4 Å². The van der Waals surface area contributed by atoms with E-state index in [1.165, 1.54) is 83.5 Å². The topological polar surface area (TPSA) is 35.5 Å². The van der Waals surface area contributed by atoms with Crippen molar-refractivity contribution < 1.29 is 13.6 Å². The Kier molecular flexibility index (Phi) is 19.9. The zero-order valence-electron chi connectivity index (χ0n) is 17.6. The normalized spacial score (nSPS) is 13.2. The highest BCUT2D eigenvalue weighted by molar-refractivity contribution is 14.1. The van der Waals surface area contributed by atoms with Crippen molar-refractivity contribution >= 4 is 30.2 Å². The minimum Gasteiger partial charge on any atom is -0.309 e. The van der Waals surface area contributed by atoms with Gasteiger partial charge in [0, 0.05) is 3.92 Å². The van der Waals surface area contributed by atoms with Gasteiger partial charge < -0.3 is 9.05 Å². The third-order valence-electron chi connectivity index (χ3n) is 4.74. The van der Waals surface area contributed by atoms with E-state index >= 15 is 0 Å². The Labute approximate surface area is 177 Å². The Hall–Kier alpha value is 0.880. The molecule has 0 fully saturated rings. The van der Waals surface area contributed by atoms with Crippen molar-refractivity contribution in [1.29, 1.82) is 0 Å². The third-order valence-corrected chi connectivity index (χ3v) is 8.09. The fourth-order valence-corrected chi connectivity index (χ4v) is 6.20. The van der Waals surface area contributed by atoms with Crippen LogP contribution in [-0.4, -0.2) is 23.3 Å². The largest absolute Gasteiger partial charge is 0.330 e. The van der Waals surface area contributed by atoms with Gasteiger partial charge in [-0.3, -0.25) is 4.57 Å². The van der Waals surface area contributed by atoms with Crippen LogP contribution in [0.25, 0.3) is 0 Å². The van der Waals surface area contributed by atoms with E-state index in [9.17, 15) is 4.57 Å². The van der Waals surface area contributed by atoms with E-state index in [0.717, 1.165) is 6.42 Å². The van der Waals surface area contributed by atoms with Gasteiger partial charge in [-0.2, -0.15) is 0 Å². The molecule has 26 heavy (non-hydrogen) atoms. The fraction of sp³-hybridized carbons (Fsp3) is 1.00. The van der Waals surface area contributed by atoms with Crippen LogP contribution in [0.3, 0.4) is 0 Å². The van der Waals surface area contributed by atoms with Gasteiger partial charge in [0.2, 0.25) is 0 Å². The lowest BCUT2D eigenvalue weighted by Crippen LogP contribution is -2.06. The molecule has 5 heteroatoms. The second-order valence-corrected chi connectivity index (χ2v) is 11.2. The van der Waals surface area contributed by atoms with Crippen LogP contribution in [0.1, 0.15) is 111 Å². The monoisotopic (exact) mass is 502 g/mol. The molecule has 0 heterocycles. The van der Waals surface area contributed by atoms with Crippen LogP contribution in [0.5, 0.6) is 0 Å². The van der Waals surface area contributed by atoms with Crippen LogP contribution < -0.4 is 0 Å². The second-order valence-electron chi connectivity index (χ2n) is 7.23. The summed E-state index contributed by atoms with van der Waals surface area (Å²) in [5, 5.41) is 0. The summed E-state index contributed by atoms with van der Waals surface area (Å²) in [6, 6.07) is 0. The maximum Gasteiger partial charge on any atom is 0.330 e. The third kappa shape index (κ3) is 17.0. The minimum atomic E-state index is -2.85. The molecule has 0 amide bonds. The van der Waals surface area contributed by atoms with Gasteiger partial charge in [0.25, 0.3) is 0 Å². The molecule has 0 aromatic carbocycles. The number of hydrogen-bond donors (Lipinski definition) is 0. The van der Waals surface area contributed by atoms with Gasteiger partial charge >= 0.3 is 7.60 Å². The Morgan fingerprint density at radius 1 is 0.692 bits per heavy atom. The van der Waals surface area contributed by atoms with Crippen LogP contribution in [0.4, 0.5) is 0 Å². The standard InChI is InChI=1S/C21H44IO3P/c1-4-7-8-9-10-11-12-13-14-15-16-17-18-21(22)19-20-26(23,24-5-2)25-6-3/h21H,4-20H2,1-3H3/t21-/m1/s1. The van der Waals surface area contributed by atoms with Crippen LogP contribution in [0, 0.1) is 0 Å². The predicted octanol–water partition coefficient (Wildman–Crippen LogP) is 8.54. The highest BCUT2D eigenvalue weighted by Crippen LogP contribution is 2.49. The van der Waals surface area contributed by atoms with Crippen molar-refractivity contribution in [2.45, 2.75) is 115 Å². The zero-order chi connectivity index (χ0) is 19.5. The fourth-order valence-electron chi connectivity index (χ4n) is 3.21. The van der Waals surface area contributed by atoms with Gasteiger partial charge in [-0.25, -0.2) is 0 Å². The van der Waals surface area contributed by atoms with Crippen molar-refractivity contribution in [3.8, 4) is 0 Å². The molecule has 0 unspecified atom stereocenters. The van der Waals surface area contributed by atoms with Gasteiger partial charge in [0.1, 0.15) is 0 Å². The first-order chi connectivity index (χ1) is 12.6. The van der Waals surface area contributed by atoms with E-state index in [0.29, 0.717) is 23.3 Å². The molecule has 0 N–H and O–H groups in total. The highest BCUT2D eigenvalue weighted by Gasteiger charge is 2.24. The van der Waals surface area contributed by atoms with Gasteiger partial charge in [-0.1, -0.05) is 107 Å². The van der Waals surface area contributed by atoms with Crippen LogP contribution in [0.2, 0.25) is 0 Å². The number of rotatable bonds is 20. The lowest BCUT2D eigenvalue weighted by molar-refractivity contribution is 0.219. The number of alkyl halides is 1. The molecule has 0 aliphatic rings. The van der Waals surface area contributed by atoms with E-state index in [1.54, 1.807) is 0 Å². The second kappa shape index (κ2) is 19.2. The maximum atomic E-state index is 12.4. The van der Waals surface area contributed by atoms with Crippen molar-refractivity contribution in [1.82, 2.24) is 0 Å². The number of unbranched alkanes of at least 4 members (excludes halogenated alkanes) is 11. The quantitative estimate of drug-likeness (QED) is 0.0724. The lowest BCUT2D eigenvalue weighted by Gasteiger charge is -2.18. The van der Waals surface area contributed by atoms with E-state index in [2.05, 4.69) is 29.5 Å². The summed E-state index contributed by atoms with van der Waals surface area (Å²) in [5.41, 5.74) is 0. The van der Waals surface area contributed by atoms with Crippen LogP contribution in [0.15, 0.2) is 0 Å². The molecular weight excluding hydrogens is 458 g/mol. The van der Waals surface area contributed by atoms with Crippen molar-refractivity contribution in [3.05, 3.63) is 0 Å². The van der Waals surface area contributed by atoms with E-state index < -0.39 is 7.60 Å². The molecule has 1 atom stereocenters. The molecule has 0 rings (SSSR count). The first kappa shape index (κ1) is 26.9. The van der Waals surface area contributed by atoms with Crippen molar-refractivity contribution in [3.63, 3.8) is 0 Å². The molecule has 0 spiro atoms. The van der Waals surface area contributed by atoms with E-state index in [1.807, 2.05) is 13.8 Å². The molecule has 158 valence electrons. The molecule has 0 saturated heterocycles. The molecule has 0 saturated carbocycles. The first-order valence-electron chi connectivity index (χ1n) is 11.1. The number of halogens is 1. The summed E-state index contributed by atoms with van der Waals surface area (Å²) in [6.45, 7) is 6.95. The van der Waals surface area contributed by atoms with Gasteiger partial charge in [-0.15, -0.1) is 0 Å². The summed E-state index contributed by atoms with van der Waals surface area (Å²) in [5.74, 6) is 0. The molecule has 3 nitrogen and oxygen atoms in total. The van der Waals surface area contributed by atoms with Crippen molar-refractivity contribution in [2.24, 2.45) is 0 Å². The van der Waals surface area contributed by atoms with Crippen molar-refractivity contribution in [2.75, 3.05) is 19.4 Å². The molecule has 0 bridgehead atoms. The summed E-state index contributed by atoms with van der Waals surface area (Å²) < 4.78 is 23.8.